The van der Waals surface area contributed by atoms with E-state index in [-0.39, 0.29) is 0 Å². The van der Waals surface area contributed by atoms with Crippen LogP contribution < -0.4 is 5.73 Å². The van der Waals surface area contributed by atoms with Crippen molar-refractivity contribution in [2.75, 3.05) is 19.8 Å². The smallest absolute Gasteiger partial charge is 0.0547 e. The molecule has 2 fully saturated rings. The third-order valence-corrected chi connectivity index (χ3v) is 2.65. The van der Waals surface area contributed by atoms with E-state index in [9.17, 15) is 0 Å². The van der Waals surface area contributed by atoms with E-state index in [1.165, 1.54) is 12.8 Å². The molecule has 1 atom stereocenters. The van der Waals surface area contributed by atoms with Crippen molar-refractivity contribution in [1.29, 1.82) is 0 Å². The molecule has 0 aromatic heterocycles. The first-order valence-corrected chi connectivity index (χ1v) is 3.65. The lowest BCUT2D eigenvalue weighted by Crippen LogP contribution is -2.31. The Morgan fingerprint density at radius 3 is 2.67 bits per heavy atom. The quantitative estimate of drug-likeness (QED) is 0.581. The highest BCUT2D eigenvalue weighted by atomic mass is 16.5. The lowest BCUT2D eigenvalue weighted by Gasteiger charge is -2.27. The fourth-order valence-electron chi connectivity index (χ4n) is 1.76. The van der Waals surface area contributed by atoms with Gasteiger partial charge < -0.3 is 10.5 Å². The first-order chi connectivity index (χ1) is 4.37. The highest BCUT2D eigenvalue weighted by Crippen LogP contribution is 2.58. The standard InChI is InChI=1S/C7H13NO/c8-2-1-6-3-7(6)4-9-5-7/h6H,1-5,8H2. The summed E-state index contributed by atoms with van der Waals surface area (Å²) in [5.41, 5.74) is 6.07. The van der Waals surface area contributed by atoms with Crippen molar-refractivity contribution in [3.63, 3.8) is 0 Å². The molecule has 1 aliphatic heterocycles. The molecule has 1 unspecified atom stereocenters. The third-order valence-electron chi connectivity index (χ3n) is 2.65. The molecule has 0 bridgehead atoms. The molecule has 9 heavy (non-hydrogen) atoms. The second-order valence-corrected chi connectivity index (χ2v) is 3.33. The van der Waals surface area contributed by atoms with Crippen LogP contribution in [0.1, 0.15) is 12.8 Å². The van der Waals surface area contributed by atoms with E-state index in [4.69, 9.17) is 10.5 Å². The number of hydrogen-bond donors (Lipinski definition) is 1. The summed E-state index contributed by atoms with van der Waals surface area (Å²) >= 11 is 0. The molecule has 2 N–H and O–H groups in total. The molecule has 0 aromatic rings. The fraction of sp³-hybridized carbons (Fsp3) is 1.00. The second kappa shape index (κ2) is 1.70. The van der Waals surface area contributed by atoms with Crippen LogP contribution in [0.15, 0.2) is 0 Å². The first kappa shape index (κ1) is 5.69. The molecule has 1 saturated heterocycles. The molecule has 2 aliphatic rings. The van der Waals surface area contributed by atoms with Gasteiger partial charge in [0, 0.05) is 5.41 Å². The SMILES string of the molecule is NCCC1CC12COC2. The molecule has 1 saturated carbocycles. The van der Waals surface area contributed by atoms with Crippen LogP contribution in [-0.2, 0) is 4.74 Å². The third kappa shape index (κ3) is 0.700. The molecular weight excluding hydrogens is 114 g/mol. The van der Waals surface area contributed by atoms with Crippen LogP contribution in [0.5, 0.6) is 0 Å². The van der Waals surface area contributed by atoms with E-state index in [0.717, 1.165) is 25.7 Å². The van der Waals surface area contributed by atoms with Gasteiger partial charge in [-0.2, -0.15) is 0 Å². The van der Waals surface area contributed by atoms with Crippen molar-refractivity contribution < 1.29 is 4.74 Å². The summed E-state index contributed by atoms with van der Waals surface area (Å²) in [6.07, 6.45) is 2.59. The van der Waals surface area contributed by atoms with Crippen LogP contribution in [0.2, 0.25) is 0 Å². The largest absolute Gasteiger partial charge is 0.380 e. The van der Waals surface area contributed by atoms with Crippen LogP contribution in [0.3, 0.4) is 0 Å². The summed E-state index contributed by atoms with van der Waals surface area (Å²) < 4.78 is 5.14. The zero-order valence-electron chi connectivity index (χ0n) is 5.60. The average Bonchev–Trinajstić information content (AvgIpc) is 2.41. The van der Waals surface area contributed by atoms with Crippen molar-refractivity contribution >= 4 is 0 Å². The Morgan fingerprint density at radius 2 is 2.33 bits per heavy atom. The molecule has 2 heteroatoms. The summed E-state index contributed by atoms with van der Waals surface area (Å²) in [5.74, 6) is 0.913. The number of nitrogens with two attached hydrogens (primary N) is 1. The molecule has 52 valence electrons. The molecular formula is C7H13NO. The minimum absolute atomic E-state index is 0.638. The van der Waals surface area contributed by atoms with Gasteiger partial charge in [0.05, 0.1) is 13.2 Å². The van der Waals surface area contributed by atoms with Crippen molar-refractivity contribution in [3.8, 4) is 0 Å². The lowest BCUT2D eigenvalue weighted by molar-refractivity contribution is -0.0591. The highest BCUT2D eigenvalue weighted by Gasteiger charge is 2.58. The molecule has 1 heterocycles. The fourth-order valence-corrected chi connectivity index (χ4v) is 1.76. The summed E-state index contributed by atoms with van der Waals surface area (Å²) in [4.78, 5) is 0. The van der Waals surface area contributed by atoms with Crippen LogP contribution in [-0.4, -0.2) is 19.8 Å². The summed E-state index contributed by atoms with van der Waals surface area (Å²) in [5, 5.41) is 0. The summed E-state index contributed by atoms with van der Waals surface area (Å²) in [7, 11) is 0. The van der Waals surface area contributed by atoms with Gasteiger partial charge in [0.2, 0.25) is 0 Å². The number of ether oxygens (including phenoxy) is 1. The minimum atomic E-state index is 0.638. The van der Waals surface area contributed by atoms with Crippen molar-refractivity contribution in [2.24, 2.45) is 17.1 Å². The van der Waals surface area contributed by atoms with Crippen LogP contribution >= 0.6 is 0 Å². The number of rotatable bonds is 2. The van der Waals surface area contributed by atoms with E-state index < -0.39 is 0 Å². The Morgan fingerprint density at radius 1 is 1.56 bits per heavy atom. The molecule has 0 aromatic carbocycles. The zero-order valence-corrected chi connectivity index (χ0v) is 5.60. The molecule has 0 amide bonds. The molecule has 1 aliphatic carbocycles. The zero-order chi connectivity index (χ0) is 6.32. The van der Waals surface area contributed by atoms with Crippen molar-refractivity contribution in [2.45, 2.75) is 12.8 Å². The molecule has 2 nitrogen and oxygen atoms in total. The predicted molar refractivity (Wildman–Crippen MR) is 35.0 cm³/mol. The average molecular weight is 127 g/mol. The van der Waals surface area contributed by atoms with Gasteiger partial charge in [0.1, 0.15) is 0 Å². The van der Waals surface area contributed by atoms with Crippen LogP contribution in [0.4, 0.5) is 0 Å². The summed E-state index contributed by atoms with van der Waals surface area (Å²) in [6.45, 7) is 2.88. The Balaban J connectivity index is 1.80. The van der Waals surface area contributed by atoms with E-state index >= 15 is 0 Å². The van der Waals surface area contributed by atoms with Gasteiger partial charge >= 0.3 is 0 Å². The monoisotopic (exact) mass is 127 g/mol. The van der Waals surface area contributed by atoms with E-state index in [1.54, 1.807) is 0 Å². The maximum absolute atomic E-state index is 5.43. The Kier molecular flexibility index (Phi) is 1.08. The van der Waals surface area contributed by atoms with Gasteiger partial charge in [-0.1, -0.05) is 0 Å². The van der Waals surface area contributed by atoms with E-state index in [2.05, 4.69) is 0 Å². The topological polar surface area (TPSA) is 35.2 Å². The van der Waals surface area contributed by atoms with Crippen LogP contribution in [0, 0.1) is 11.3 Å². The molecule has 0 radical (unpaired) electrons. The van der Waals surface area contributed by atoms with Gasteiger partial charge in [-0.25, -0.2) is 0 Å². The van der Waals surface area contributed by atoms with Gasteiger partial charge in [-0.3, -0.25) is 0 Å². The van der Waals surface area contributed by atoms with Gasteiger partial charge in [0.15, 0.2) is 0 Å². The normalized spacial score (nSPS) is 36.3. The second-order valence-electron chi connectivity index (χ2n) is 3.33. The maximum atomic E-state index is 5.43. The van der Waals surface area contributed by atoms with Gasteiger partial charge in [-0.15, -0.1) is 0 Å². The minimum Gasteiger partial charge on any atom is -0.380 e. The summed E-state index contributed by atoms with van der Waals surface area (Å²) in [6, 6.07) is 0. The molecule has 2 rings (SSSR count). The van der Waals surface area contributed by atoms with E-state index in [0.29, 0.717) is 5.41 Å². The maximum Gasteiger partial charge on any atom is 0.0547 e. The Labute approximate surface area is 55.4 Å². The Hall–Kier alpha value is -0.0800. The van der Waals surface area contributed by atoms with Crippen LogP contribution in [0.25, 0.3) is 0 Å². The van der Waals surface area contributed by atoms with Crippen molar-refractivity contribution in [3.05, 3.63) is 0 Å². The van der Waals surface area contributed by atoms with Gasteiger partial charge in [-0.05, 0) is 25.3 Å². The predicted octanol–water partition coefficient (Wildman–Crippen LogP) is 0.372. The van der Waals surface area contributed by atoms with Gasteiger partial charge in [0.25, 0.3) is 0 Å². The first-order valence-electron chi connectivity index (χ1n) is 3.65. The van der Waals surface area contributed by atoms with E-state index in [1.807, 2.05) is 0 Å². The highest BCUT2D eigenvalue weighted by molar-refractivity contribution is 5.06. The lowest BCUT2D eigenvalue weighted by atomic mass is 10.0. The number of hydrogen-bond acceptors (Lipinski definition) is 2. The van der Waals surface area contributed by atoms with Crippen molar-refractivity contribution in [1.82, 2.24) is 0 Å². The molecule has 1 spiro atoms. The Bertz CT molecular complexity index is 118.